The zero-order valence-electron chi connectivity index (χ0n) is 53.2. The van der Waals surface area contributed by atoms with Gasteiger partial charge in [-0.1, -0.05) is 137 Å². The molecule has 87 heavy (non-hydrogen) atoms. The summed E-state index contributed by atoms with van der Waals surface area (Å²) in [5.74, 6) is -2.71. The molecule has 2 bridgehead atoms. The predicted molar refractivity (Wildman–Crippen MR) is 311 cm³/mol. The van der Waals surface area contributed by atoms with Gasteiger partial charge in [0.1, 0.15) is 73.2 Å². The van der Waals surface area contributed by atoms with E-state index < -0.39 is 177 Å². The fourth-order valence-corrected chi connectivity index (χ4v) is 12.3. The van der Waals surface area contributed by atoms with Crippen LogP contribution in [0.5, 0.6) is 0 Å². The highest BCUT2D eigenvalue weighted by Crippen LogP contribution is 2.40. The number of ether oxygens (including phenoxy) is 13. The van der Waals surface area contributed by atoms with Gasteiger partial charge in [0.25, 0.3) is 0 Å². The minimum absolute atomic E-state index is 0.0264. The maximum Gasteiger partial charge on any atom is 0.309 e. The largest absolute Gasteiger partial charge is 0.456 e. The van der Waals surface area contributed by atoms with E-state index >= 15 is 0 Å². The van der Waals surface area contributed by atoms with Crippen molar-refractivity contribution in [1.82, 2.24) is 0 Å². The maximum atomic E-state index is 14.4. The van der Waals surface area contributed by atoms with Crippen LogP contribution in [0.25, 0.3) is 0 Å². The third-order valence-corrected chi connectivity index (χ3v) is 18.2. The summed E-state index contributed by atoms with van der Waals surface area (Å²) in [6.07, 6.45) is -19.2. The molecule has 0 spiro atoms. The molecule has 6 saturated heterocycles. The van der Waals surface area contributed by atoms with Crippen LogP contribution in [0.4, 0.5) is 0 Å². The fraction of sp³-hybridized carbons (Fsp3) is 0.952. The number of aliphatic hydroxyl groups is 8. The monoisotopic (exact) mass is 1250 g/mol. The van der Waals surface area contributed by atoms with Crippen LogP contribution in [-0.2, 0) is 76.0 Å². The van der Waals surface area contributed by atoms with Crippen molar-refractivity contribution in [3.05, 3.63) is 0 Å². The minimum Gasteiger partial charge on any atom is -0.456 e. The summed E-state index contributed by atoms with van der Waals surface area (Å²) in [5.41, 5.74) is 0. The number of unbranched alkanes of at least 4 members (excludes halogenated alkanes) is 10. The predicted octanol–water partition coefficient (Wildman–Crippen LogP) is 5.33. The van der Waals surface area contributed by atoms with E-state index in [1.165, 1.54) is 27.2 Å². The lowest BCUT2D eigenvalue weighted by Crippen LogP contribution is -2.68. The Balaban J connectivity index is 1.37. The number of fused-ring (bicyclic) bond motifs is 3. The summed E-state index contributed by atoms with van der Waals surface area (Å²) in [6.45, 7) is 15.3. The molecule has 24 heteroatoms. The number of esters is 3. The van der Waals surface area contributed by atoms with Crippen LogP contribution in [0.1, 0.15) is 216 Å². The van der Waals surface area contributed by atoms with Crippen molar-refractivity contribution in [1.29, 1.82) is 0 Å². The van der Waals surface area contributed by atoms with E-state index in [0.29, 0.717) is 32.1 Å². The molecule has 6 rings (SSSR count). The molecule has 0 aromatic rings. The number of carbonyl (C=O) groups excluding carboxylic acids is 3. The molecule has 6 heterocycles. The van der Waals surface area contributed by atoms with Gasteiger partial charge in [0, 0.05) is 12.8 Å². The van der Waals surface area contributed by atoms with Crippen molar-refractivity contribution < 1.29 is 117 Å². The van der Waals surface area contributed by atoms with Gasteiger partial charge in [-0.25, -0.2) is 0 Å². The number of hydrogen-bond donors (Lipinski definition) is 8. The van der Waals surface area contributed by atoms with Crippen LogP contribution in [-0.4, -0.2) is 218 Å². The van der Waals surface area contributed by atoms with E-state index in [0.717, 1.165) is 103 Å². The van der Waals surface area contributed by atoms with E-state index in [9.17, 15) is 55.2 Å². The van der Waals surface area contributed by atoms with E-state index in [4.69, 9.17) is 61.6 Å². The van der Waals surface area contributed by atoms with Gasteiger partial charge < -0.3 is 102 Å². The van der Waals surface area contributed by atoms with Gasteiger partial charge in [-0.3, -0.25) is 14.4 Å². The van der Waals surface area contributed by atoms with Gasteiger partial charge in [-0.2, -0.15) is 0 Å². The number of rotatable bonds is 24. The Hall–Kier alpha value is -2.31. The molecule has 24 nitrogen and oxygen atoms in total. The Labute approximate surface area is 515 Å². The Morgan fingerprint density at radius 1 is 0.460 bits per heavy atom. The van der Waals surface area contributed by atoms with Crippen molar-refractivity contribution in [2.75, 3.05) is 0 Å². The van der Waals surface area contributed by atoms with Gasteiger partial charge in [-0.15, -0.1) is 0 Å². The van der Waals surface area contributed by atoms with Crippen molar-refractivity contribution >= 4 is 17.9 Å². The Bertz CT molecular complexity index is 1990. The third kappa shape index (κ3) is 20.8. The smallest absolute Gasteiger partial charge is 0.309 e. The SMILES string of the molecule is CCCCCCCCCCCC(=O)O[C@H]1[C@H](O[C@@H]2[C@H]3OC(=O)CCCCCCCCC[C@H](CCCCC)O[C@@H]4O[C@H](C)[C@H](O)[C@H](O)[C@H]4O[C@H](O[C@H]2C)[C@@H]3O)O[C@@H](C)[C@H](O[C@@H]2O[C@@H](C)[C@H](O)[C@@H](OC(=O)[C@@H](C)CC)[C@H]2O)[C@H]1O[C@@H]1O[C@@H](C)[C@H](O)[C@@H](O)[C@H]1O. The second-order valence-electron chi connectivity index (χ2n) is 25.3. The lowest BCUT2D eigenvalue weighted by atomic mass is 9.95. The first-order valence-corrected chi connectivity index (χ1v) is 33.2. The van der Waals surface area contributed by atoms with Crippen LogP contribution in [0.15, 0.2) is 0 Å². The molecule has 6 aliphatic rings. The van der Waals surface area contributed by atoms with Crippen molar-refractivity contribution in [2.24, 2.45) is 5.92 Å². The van der Waals surface area contributed by atoms with E-state index in [-0.39, 0.29) is 18.9 Å². The molecule has 0 saturated carbocycles. The highest BCUT2D eigenvalue weighted by atomic mass is 16.8. The van der Waals surface area contributed by atoms with Crippen molar-refractivity contribution in [2.45, 2.75) is 376 Å². The van der Waals surface area contributed by atoms with Crippen LogP contribution in [0, 0.1) is 5.92 Å². The quantitative estimate of drug-likeness (QED) is 0.0344. The highest BCUT2D eigenvalue weighted by molar-refractivity contribution is 5.72. The van der Waals surface area contributed by atoms with E-state index in [1.54, 1.807) is 27.7 Å². The highest BCUT2D eigenvalue weighted by Gasteiger charge is 2.59. The number of hydrogen-bond acceptors (Lipinski definition) is 24. The molecule has 0 amide bonds. The van der Waals surface area contributed by atoms with Gasteiger partial charge in [-0.05, 0) is 66.7 Å². The average molecular weight is 1250 g/mol. The summed E-state index contributed by atoms with van der Waals surface area (Å²) in [6, 6.07) is 0. The molecule has 8 N–H and O–H groups in total. The molecule has 506 valence electrons. The van der Waals surface area contributed by atoms with Crippen molar-refractivity contribution in [3.63, 3.8) is 0 Å². The first-order chi connectivity index (χ1) is 41.6. The topological polar surface area (TPSA) is 333 Å². The Morgan fingerprint density at radius 3 is 1.66 bits per heavy atom. The summed E-state index contributed by atoms with van der Waals surface area (Å²) in [5, 5.41) is 91.9. The fourth-order valence-electron chi connectivity index (χ4n) is 12.3. The normalized spacial score (nSPS) is 41.6. The minimum atomic E-state index is -1.91. The van der Waals surface area contributed by atoms with E-state index in [2.05, 4.69) is 13.8 Å². The second kappa shape index (κ2) is 36.8. The molecule has 27 atom stereocenters. The number of aliphatic hydroxyl groups excluding tert-OH is 8. The third-order valence-electron chi connectivity index (χ3n) is 18.2. The summed E-state index contributed by atoms with van der Waals surface area (Å²) < 4.78 is 82.6. The lowest BCUT2D eigenvalue weighted by molar-refractivity contribution is -0.399. The van der Waals surface area contributed by atoms with Gasteiger partial charge in [0.2, 0.25) is 0 Å². The summed E-state index contributed by atoms with van der Waals surface area (Å²) >= 11 is 0. The van der Waals surface area contributed by atoms with Crippen LogP contribution >= 0.6 is 0 Å². The summed E-state index contributed by atoms with van der Waals surface area (Å²) in [4.78, 5) is 41.6. The zero-order valence-corrected chi connectivity index (χ0v) is 53.2. The average Bonchev–Trinajstić information content (AvgIpc) is 2.59. The van der Waals surface area contributed by atoms with Crippen LogP contribution in [0.3, 0.4) is 0 Å². The van der Waals surface area contributed by atoms with Gasteiger partial charge >= 0.3 is 17.9 Å². The second-order valence-corrected chi connectivity index (χ2v) is 25.3. The zero-order chi connectivity index (χ0) is 63.5. The molecule has 6 aliphatic heterocycles. The molecule has 0 unspecified atom stereocenters. The standard InChI is InChI=1S/C63H110O24/c1-10-13-15-16-17-18-21-24-29-33-42(65)82-57-56(87-59-48(71)46(69)43(66)35(5)75-59)52(84-60-49(72)53(45(68)37(7)76-60)83-58(74)34(4)12-3)39(9)79-63(57)85-51-38(8)78-61-50(73)54(51)81-41(64)32-28-25-22-19-20-23-27-31-40(30-26-14-11-2)80-62-55(86-61)47(70)44(67)36(6)77-62/h34-40,43-57,59-63,66-73H,10-33H2,1-9H3/t34-,35-,36+,37-,38-,39-,40-,43-,44-,45-,46+,47-,48+,49+,50+,51-,52-,53+,54-,55+,56+,57+,59-,60-,61-,62-,63-/m0/s1. The molecular formula is C63H110O24. The Kier molecular flexibility index (Phi) is 31.2. The van der Waals surface area contributed by atoms with Crippen LogP contribution < -0.4 is 0 Å². The first kappa shape index (κ1) is 73.7. The van der Waals surface area contributed by atoms with Crippen molar-refractivity contribution in [3.8, 4) is 0 Å². The molecule has 0 aromatic heterocycles. The molecule has 6 fully saturated rings. The summed E-state index contributed by atoms with van der Waals surface area (Å²) in [7, 11) is 0. The first-order valence-electron chi connectivity index (χ1n) is 33.2. The maximum absolute atomic E-state index is 14.4. The molecule has 0 aromatic carbocycles. The molecular weight excluding hydrogens is 1140 g/mol. The Morgan fingerprint density at radius 2 is 0.989 bits per heavy atom. The van der Waals surface area contributed by atoms with Gasteiger partial charge in [0.05, 0.1) is 42.5 Å². The van der Waals surface area contributed by atoms with E-state index in [1.807, 2.05) is 0 Å². The lowest BCUT2D eigenvalue weighted by Gasteiger charge is -2.51. The van der Waals surface area contributed by atoms with Crippen LogP contribution in [0.2, 0.25) is 0 Å². The molecule has 0 radical (unpaired) electrons. The molecule has 0 aliphatic carbocycles. The van der Waals surface area contributed by atoms with Gasteiger partial charge in [0.15, 0.2) is 49.8 Å². The number of carbonyl (C=O) groups is 3.